The molecule has 0 saturated carbocycles. The first kappa shape index (κ1) is 27.7. The van der Waals surface area contributed by atoms with Gasteiger partial charge in [0.05, 0.1) is 11.1 Å². The van der Waals surface area contributed by atoms with Crippen LogP contribution in [0.5, 0.6) is 0 Å². The van der Waals surface area contributed by atoms with Crippen LogP contribution in [0.25, 0.3) is 65.6 Å². The molecule has 1 aliphatic heterocycles. The predicted octanol–water partition coefficient (Wildman–Crippen LogP) is 9.82. The van der Waals surface area contributed by atoms with E-state index in [2.05, 4.69) is 81.4 Å². The summed E-state index contributed by atoms with van der Waals surface area (Å²) in [5, 5.41) is 10.9. The number of hydrogen-bond donors (Lipinski definition) is 0. The Morgan fingerprint density at radius 3 is 1.64 bits per heavy atom. The molecule has 5 heteroatoms. The lowest BCUT2D eigenvalue weighted by Crippen LogP contribution is -2.23. The summed E-state index contributed by atoms with van der Waals surface area (Å²) in [5.41, 5.74) is 6.53. The molecule has 9 rings (SSSR count). The highest BCUT2D eigenvalue weighted by Crippen LogP contribution is 2.42. The molecule has 0 aliphatic carbocycles. The van der Waals surface area contributed by atoms with E-state index in [4.69, 9.17) is 4.99 Å². The molecule has 7 aromatic carbocycles. The second-order valence-corrected chi connectivity index (χ2v) is 12.7. The molecule has 0 spiro atoms. The standard InChI is InChI=1S/C42H29BF2N2/c1-24-20-25(2)39(26(3)21-24)40(37-22-35-31-16-6-4-12-27(31)29-14-8-10-18-33(29)41(35)46-37)38-23-36-32-17-7-5-13-28(32)30-15-9-11-19-34(30)42(36)47(38)43(44)45/h4-23H,1-3H3/b40-37+. The maximum absolute atomic E-state index is 15.7. The molecule has 47 heavy (non-hydrogen) atoms. The number of halogens is 2. The van der Waals surface area contributed by atoms with Crippen molar-refractivity contribution in [1.82, 2.24) is 4.48 Å². The van der Waals surface area contributed by atoms with E-state index in [0.29, 0.717) is 22.5 Å². The largest absolute Gasteiger partial charge is 0.678 e. The van der Waals surface area contributed by atoms with E-state index in [0.717, 1.165) is 81.3 Å². The molecule has 2 heterocycles. The summed E-state index contributed by atoms with van der Waals surface area (Å²) in [6.45, 7) is 6.22. The summed E-state index contributed by atoms with van der Waals surface area (Å²) in [5.74, 6) is 0. The highest BCUT2D eigenvalue weighted by molar-refractivity contribution is 6.45. The Bertz CT molecular complexity index is 2710. The van der Waals surface area contributed by atoms with Gasteiger partial charge in [0.25, 0.3) is 0 Å². The molecular weight excluding hydrogens is 581 g/mol. The number of benzene rings is 7. The van der Waals surface area contributed by atoms with E-state index in [1.807, 2.05) is 60.7 Å². The number of hydrogen-bond acceptors (Lipinski definition) is 1. The highest BCUT2D eigenvalue weighted by atomic mass is 19.2. The van der Waals surface area contributed by atoms with Gasteiger partial charge >= 0.3 is 7.40 Å². The number of aryl methyl sites for hydroxylation is 3. The molecule has 0 saturated heterocycles. The molecule has 0 bridgehead atoms. The highest BCUT2D eigenvalue weighted by Gasteiger charge is 2.30. The van der Waals surface area contributed by atoms with Crippen molar-refractivity contribution in [2.45, 2.75) is 20.8 Å². The zero-order valence-electron chi connectivity index (χ0n) is 26.3. The fourth-order valence-electron chi connectivity index (χ4n) is 8.07. The third-order valence-electron chi connectivity index (χ3n) is 9.82. The van der Waals surface area contributed by atoms with Crippen molar-refractivity contribution in [2.75, 3.05) is 0 Å². The van der Waals surface area contributed by atoms with Crippen LogP contribution in [-0.4, -0.2) is 11.9 Å². The zero-order chi connectivity index (χ0) is 32.0. The van der Waals surface area contributed by atoms with Crippen molar-refractivity contribution < 1.29 is 8.63 Å². The third kappa shape index (κ3) is 3.99. The van der Waals surface area contributed by atoms with Gasteiger partial charge in [0.2, 0.25) is 0 Å². The lowest BCUT2D eigenvalue weighted by Gasteiger charge is -2.19. The van der Waals surface area contributed by atoms with Crippen LogP contribution in [0.3, 0.4) is 0 Å². The molecule has 2 nitrogen and oxygen atoms in total. The van der Waals surface area contributed by atoms with Crippen molar-refractivity contribution in [1.29, 1.82) is 0 Å². The molecular formula is C42H29BF2N2. The SMILES string of the molecule is Cc1cc(C)c(/C(=C2\C=c3c(c4ccccc4c4ccccc34)=N2)c2cc3c4ccccc4c4ccccc4c3n2B(F)F)c(C)c1. The molecule has 0 unspecified atom stereocenters. The van der Waals surface area contributed by atoms with Crippen molar-refractivity contribution >= 4 is 73.0 Å². The van der Waals surface area contributed by atoms with Crippen LogP contribution in [0.4, 0.5) is 8.63 Å². The second-order valence-electron chi connectivity index (χ2n) is 12.7. The normalized spacial score (nSPS) is 13.8. The van der Waals surface area contributed by atoms with Crippen molar-refractivity contribution in [3.63, 3.8) is 0 Å². The van der Waals surface area contributed by atoms with Gasteiger partial charge in [-0.2, -0.15) is 0 Å². The Morgan fingerprint density at radius 2 is 1.04 bits per heavy atom. The van der Waals surface area contributed by atoms with Gasteiger partial charge in [-0.3, -0.25) is 8.63 Å². The van der Waals surface area contributed by atoms with Crippen LogP contribution in [0.15, 0.2) is 126 Å². The monoisotopic (exact) mass is 610 g/mol. The fourth-order valence-corrected chi connectivity index (χ4v) is 8.07. The first-order valence-corrected chi connectivity index (χ1v) is 16.0. The molecule has 0 atom stereocenters. The first-order valence-electron chi connectivity index (χ1n) is 16.0. The lowest BCUT2D eigenvalue weighted by molar-refractivity contribution is 0.633. The minimum absolute atomic E-state index is 0.461. The predicted molar refractivity (Wildman–Crippen MR) is 194 cm³/mol. The van der Waals surface area contributed by atoms with E-state index in [1.54, 1.807) is 0 Å². The van der Waals surface area contributed by atoms with Crippen LogP contribution < -0.4 is 10.6 Å². The van der Waals surface area contributed by atoms with E-state index in [1.165, 1.54) is 4.48 Å². The summed E-state index contributed by atoms with van der Waals surface area (Å²) >= 11 is 0. The second kappa shape index (κ2) is 10.2. The van der Waals surface area contributed by atoms with Crippen molar-refractivity contribution in [2.24, 2.45) is 4.99 Å². The Kier molecular flexibility index (Phi) is 6.04. The summed E-state index contributed by atoms with van der Waals surface area (Å²) in [6, 6.07) is 39.0. The smallest absolute Gasteiger partial charge is 0.324 e. The average molecular weight is 611 g/mol. The van der Waals surface area contributed by atoms with Crippen molar-refractivity contribution in [3.05, 3.63) is 159 Å². The average Bonchev–Trinajstić information content (AvgIpc) is 3.70. The molecule has 8 aromatic rings. The maximum atomic E-state index is 15.7. The van der Waals surface area contributed by atoms with Crippen LogP contribution in [-0.2, 0) is 0 Å². The Hall–Kier alpha value is -5.55. The Labute approximate surface area is 270 Å². The Balaban J connectivity index is 1.51. The Morgan fingerprint density at radius 1 is 0.574 bits per heavy atom. The lowest BCUT2D eigenvalue weighted by atomic mass is 9.89. The van der Waals surface area contributed by atoms with Crippen LogP contribution in [0, 0.1) is 20.8 Å². The number of aromatic nitrogens is 1. The summed E-state index contributed by atoms with van der Waals surface area (Å²) in [7, 11) is -2.78. The molecule has 224 valence electrons. The molecule has 1 aromatic heterocycles. The fraction of sp³-hybridized carbons (Fsp3) is 0.0714. The first-order chi connectivity index (χ1) is 22.9. The van der Waals surface area contributed by atoms with E-state index < -0.39 is 7.40 Å². The summed E-state index contributed by atoms with van der Waals surface area (Å²) in [6.07, 6.45) is 2.11. The summed E-state index contributed by atoms with van der Waals surface area (Å²) in [4.78, 5) is 5.35. The molecule has 0 fully saturated rings. The van der Waals surface area contributed by atoms with Gasteiger partial charge < -0.3 is 4.48 Å². The van der Waals surface area contributed by atoms with E-state index in [9.17, 15) is 0 Å². The number of fused-ring (bicyclic) bond motifs is 12. The minimum atomic E-state index is -2.78. The third-order valence-corrected chi connectivity index (χ3v) is 9.82. The maximum Gasteiger partial charge on any atom is 0.678 e. The van der Waals surface area contributed by atoms with E-state index >= 15 is 8.63 Å². The van der Waals surface area contributed by atoms with Crippen LogP contribution in [0.2, 0.25) is 0 Å². The summed E-state index contributed by atoms with van der Waals surface area (Å²) < 4.78 is 32.7. The van der Waals surface area contributed by atoms with Gasteiger partial charge in [-0.1, -0.05) is 115 Å². The van der Waals surface area contributed by atoms with Gasteiger partial charge in [-0.25, -0.2) is 4.99 Å². The van der Waals surface area contributed by atoms with Crippen LogP contribution in [0.1, 0.15) is 27.9 Å². The van der Waals surface area contributed by atoms with Gasteiger partial charge in [0, 0.05) is 38.2 Å². The molecule has 0 radical (unpaired) electrons. The molecule has 1 aliphatic rings. The number of rotatable bonds is 3. The van der Waals surface area contributed by atoms with E-state index in [-0.39, 0.29) is 0 Å². The zero-order valence-corrected chi connectivity index (χ0v) is 26.3. The van der Waals surface area contributed by atoms with Gasteiger partial charge in [-0.15, -0.1) is 0 Å². The van der Waals surface area contributed by atoms with Crippen molar-refractivity contribution in [3.8, 4) is 0 Å². The number of nitrogens with zero attached hydrogens (tertiary/aromatic N) is 2. The number of allylic oxidation sites excluding steroid dienone is 1. The minimum Gasteiger partial charge on any atom is -0.324 e. The van der Waals surface area contributed by atoms with Gasteiger partial charge in [-0.05, 0) is 81.9 Å². The van der Waals surface area contributed by atoms with Gasteiger partial charge in [0.15, 0.2) is 0 Å². The van der Waals surface area contributed by atoms with Gasteiger partial charge in [0.1, 0.15) is 0 Å². The van der Waals surface area contributed by atoms with Crippen LogP contribution >= 0.6 is 0 Å². The molecule has 0 amide bonds. The quantitative estimate of drug-likeness (QED) is 0.140. The molecule has 0 N–H and O–H groups in total. The topological polar surface area (TPSA) is 17.3 Å².